The molecule has 1 atom stereocenters. The summed E-state index contributed by atoms with van der Waals surface area (Å²) in [6, 6.07) is 4.01. The first kappa shape index (κ1) is 15.8. The number of ether oxygens (including phenoxy) is 2. The quantitative estimate of drug-likeness (QED) is 0.621. The fourth-order valence-corrected chi connectivity index (χ4v) is 4.04. The lowest BCUT2D eigenvalue weighted by Gasteiger charge is -2.22. The predicted molar refractivity (Wildman–Crippen MR) is 83.0 cm³/mol. The Hall–Kier alpha value is -0.220. The Morgan fingerprint density at radius 3 is 2.00 bits per heavy atom. The van der Waals surface area contributed by atoms with Crippen LogP contribution in [-0.4, -0.2) is 14.2 Å². The average molecular weight is 380 g/mol. The lowest BCUT2D eigenvalue weighted by molar-refractivity contribution is 0.353. The molecule has 102 valence electrons. The third kappa shape index (κ3) is 3.41. The van der Waals surface area contributed by atoms with E-state index in [0.29, 0.717) is 10.7 Å². The molecule has 0 aliphatic carbocycles. The second-order valence-electron chi connectivity index (χ2n) is 4.21. The number of alkyl halides is 1. The first-order valence-corrected chi connectivity index (χ1v) is 7.85. The molecule has 0 radical (unpaired) electrons. The molecule has 0 aliphatic heterocycles. The highest BCUT2D eigenvalue weighted by Crippen LogP contribution is 2.43. The van der Waals surface area contributed by atoms with Gasteiger partial charge in [-0.25, -0.2) is 0 Å². The van der Waals surface area contributed by atoms with Crippen LogP contribution in [0.4, 0.5) is 0 Å². The van der Waals surface area contributed by atoms with Gasteiger partial charge in [-0.3, -0.25) is 0 Å². The number of rotatable bonds is 6. The first-order valence-electron chi connectivity index (χ1n) is 6.14. The van der Waals surface area contributed by atoms with E-state index in [4.69, 9.17) is 9.47 Å². The summed E-state index contributed by atoms with van der Waals surface area (Å²) >= 11 is 7.42. The van der Waals surface area contributed by atoms with Crippen molar-refractivity contribution in [3.8, 4) is 11.5 Å². The molecule has 0 heterocycles. The van der Waals surface area contributed by atoms with Crippen LogP contribution in [0.25, 0.3) is 0 Å². The molecule has 1 unspecified atom stereocenters. The number of hydrogen-bond donors (Lipinski definition) is 0. The Balaban J connectivity index is 3.16. The van der Waals surface area contributed by atoms with Crippen molar-refractivity contribution >= 4 is 31.9 Å². The van der Waals surface area contributed by atoms with Gasteiger partial charge < -0.3 is 9.47 Å². The van der Waals surface area contributed by atoms with Crippen LogP contribution >= 0.6 is 31.9 Å². The molecule has 0 aromatic heterocycles. The molecule has 0 N–H and O–H groups in total. The molecule has 2 nitrogen and oxygen atoms in total. The highest BCUT2D eigenvalue weighted by Gasteiger charge is 2.21. The van der Waals surface area contributed by atoms with Crippen LogP contribution in [0.1, 0.15) is 37.1 Å². The maximum absolute atomic E-state index is 5.36. The highest BCUT2D eigenvalue weighted by atomic mass is 79.9. The van der Waals surface area contributed by atoms with E-state index in [1.165, 1.54) is 5.56 Å². The molecule has 4 heteroatoms. The maximum Gasteiger partial charge on any atom is 0.161 e. The zero-order valence-corrected chi connectivity index (χ0v) is 14.5. The molecule has 0 saturated carbocycles. The summed E-state index contributed by atoms with van der Waals surface area (Å²) in [5.74, 6) is 2.13. The third-order valence-corrected chi connectivity index (χ3v) is 5.19. The molecular formula is C14H20Br2O2. The smallest absolute Gasteiger partial charge is 0.161 e. The Labute approximate surface area is 126 Å². The molecular weight excluding hydrogens is 360 g/mol. The Bertz CT molecular complexity index is 390. The van der Waals surface area contributed by atoms with E-state index in [1.807, 2.05) is 12.1 Å². The van der Waals surface area contributed by atoms with Crippen molar-refractivity contribution in [3.05, 3.63) is 22.2 Å². The lowest BCUT2D eigenvalue weighted by atomic mass is 9.94. The molecule has 0 fully saturated rings. The number of benzene rings is 1. The molecule has 0 amide bonds. The number of hydrogen-bond acceptors (Lipinski definition) is 2. The minimum Gasteiger partial charge on any atom is -0.493 e. The van der Waals surface area contributed by atoms with Crippen LogP contribution in [0.2, 0.25) is 0 Å². The minimum atomic E-state index is 0.321. The standard InChI is InChI=1S/C14H20Br2O2/c1-5-9(6-2)14(16)10-7-12(17-3)13(18-4)8-11(10)15/h7-9,14H,5-6H2,1-4H3. The summed E-state index contributed by atoms with van der Waals surface area (Å²) in [5, 5.41) is 0. The summed E-state index contributed by atoms with van der Waals surface area (Å²) < 4.78 is 11.7. The molecule has 1 aromatic carbocycles. The molecule has 0 bridgehead atoms. The molecule has 0 aliphatic rings. The van der Waals surface area contributed by atoms with Gasteiger partial charge in [0.05, 0.1) is 14.2 Å². The summed E-state index contributed by atoms with van der Waals surface area (Å²) in [6.07, 6.45) is 2.29. The second-order valence-corrected chi connectivity index (χ2v) is 6.05. The van der Waals surface area contributed by atoms with Crippen LogP contribution in [0.3, 0.4) is 0 Å². The van der Waals surface area contributed by atoms with Crippen LogP contribution < -0.4 is 9.47 Å². The van der Waals surface area contributed by atoms with E-state index >= 15 is 0 Å². The van der Waals surface area contributed by atoms with Crippen molar-refractivity contribution < 1.29 is 9.47 Å². The summed E-state index contributed by atoms with van der Waals surface area (Å²) in [7, 11) is 3.31. The van der Waals surface area contributed by atoms with Gasteiger partial charge in [0.15, 0.2) is 11.5 Å². The van der Waals surface area contributed by atoms with Gasteiger partial charge in [0.2, 0.25) is 0 Å². The first-order chi connectivity index (χ1) is 8.58. The third-order valence-electron chi connectivity index (χ3n) is 3.26. The van der Waals surface area contributed by atoms with Crippen molar-refractivity contribution in [2.45, 2.75) is 31.5 Å². The van der Waals surface area contributed by atoms with E-state index in [9.17, 15) is 0 Å². The van der Waals surface area contributed by atoms with E-state index in [0.717, 1.165) is 28.8 Å². The molecule has 1 rings (SSSR count). The molecule has 0 spiro atoms. The predicted octanol–water partition coefficient (Wildman–Crippen LogP) is 5.34. The summed E-state index contributed by atoms with van der Waals surface area (Å²) in [4.78, 5) is 0.321. The second kappa shape index (κ2) is 7.39. The normalized spacial score (nSPS) is 12.6. The van der Waals surface area contributed by atoms with Gasteiger partial charge in [0.1, 0.15) is 0 Å². The largest absolute Gasteiger partial charge is 0.493 e. The molecule has 1 aromatic rings. The van der Waals surface area contributed by atoms with Crippen molar-refractivity contribution in [1.29, 1.82) is 0 Å². The average Bonchev–Trinajstić information content (AvgIpc) is 2.39. The van der Waals surface area contributed by atoms with Gasteiger partial charge in [-0.2, -0.15) is 0 Å². The van der Waals surface area contributed by atoms with E-state index in [1.54, 1.807) is 14.2 Å². The van der Waals surface area contributed by atoms with Gasteiger partial charge in [0.25, 0.3) is 0 Å². The van der Waals surface area contributed by atoms with Crippen LogP contribution in [0.15, 0.2) is 16.6 Å². The number of methoxy groups -OCH3 is 2. The van der Waals surface area contributed by atoms with Crippen LogP contribution in [0.5, 0.6) is 11.5 Å². The van der Waals surface area contributed by atoms with Gasteiger partial charge in [0, 0.05) is 9.30 Å². The van der Waals surface area contributed by atoms with Crippen LogP contribution in [0, 0.1) is 5.92 Å². The van der Waals surface area contributed by atoms with Gasteiger partial charge >= 0.3 is 0 Å². The fourth-order valence-electron chi connectivity index (χ4n) is 2.04. The number of halogens is 2. The van der Waals surface area contributed by atoms with Gasteiger partial charge in [-0.15, -0.1) is 0 Å². The van der Waals surface area contributed by atoms with E-state index in [2.05, 4.69) is 45.7 Å². The van der Waals surface area contributed by atoms with Gasteiger partial charge in [-0.1, -0.05) is 58.5 Å². The SMILES string of the molecule is CCC(CC)C(Br)c1cc(OC)c(OC)cc1Br. The zero-order chi connectivity index (χ0) is 13.7. The van der Waals surface area contributed by atoms with Crippen molar-refractivity contribution in [3.63, 3.8) is 0 Å². The fraction of sp³-hybridized carbons (Fsp3) is 0.571. The Kier molecular flexibility index (Phi) is 6.50. The Morgan fingerprint density at radius 2 is 1.56 bits per heavy atom. The van der Waals surface area contributed by atoms with Crippen LogP contribution in [-0.2, 0) is 0 Å². The van der Waals surface area contributed by atoms with E-state index in [-0.39, 0.29) is 0 Å². The molecule has 0 saturated heterocycles. The van der Waals surface area contributed by atoms with E-state index < -0.39 is 0 Å². The summed E-state index contributed by atoms with van der Waals surface area (Å²) in [6.45, 7) is 4.44. The minimum absolute atomic E-state index is 0.321. The highest BCUT2D eigenvalue weighted by molar-refractivity contribution is 9.11. The van der Waals surface area contributed by atoms with Gasteiger partial charge in [-0.05, 0) is 23.6 Å². The lowest BCUT2D eigenvalue weighted by Crippen LogP contribution is -2.06. The monoisotopic (exact) mass is 378 g/mol. The van der Waals surface area contributed by atoms with Crippen molar-refractivity contribution in [2.24, 2.45) is 5.92 Å². The Morgan fingerprint density at radius 1 is 1.06 bits per heavy atom. The van der Waals surface area contributed by atoms with Crippen molar-refractivity contribution in [2.75, 3.05) is 14.2 Å². The van der Waals surface area contributed by atoms with Crippen molar-refractivity contribution in [1.82, 2.24) is 0 Å². The summed E-state index contributed by atoms with van der Waals surface area (Å²) in [5.41, 5.74) is 1.21. The maximum atomic E-state index is 5.36. The topological polar surface area (TPSA) is 18.5 Å². The molecule has 18 heavy (non-hydrogen) atoms. The zero-order valence-electron chi connectivity index (χ0n) is 11.3.